The summed E-state index contributed by atoms with van der Waals surface area (Å²) in [5.41, 5.74) is 6.73. The second-order valence-corrected chi connectivity index (χ2v) is 4.12. The molecule has 0 N–H and O–H groups in total. The van der Waals surface area contributed by atoms with Crippen LogP contribution in [0.5, 0.6) is 0 Å². The van der Waals surface area contributed by atoms with Gasteiger partial charge in [-0.25, -0.2) is 0 Å². The SMILES string of the molecule is Bc1cc(B)c(-c2ccccc2)cc1B. The highest BCUT2D eigenvalue weighted by Crippen LogP contribution is 2.14. The van der Waals surface area contributed by atoms with Crippen molar-refractivity contribution < 1.29 is 0 Å². The van der Waals surface area contributed by atoms with E-state index in [1.807, 2.05) is 0 Å². The first-order valence-corrected chi connectivity index (χ1v) is 5.32. The molecule has 2 aromatic rings. The first-order chi connectivity index (χ1) is 7.18. The first kappa shape index (κ1) is 10.2. The summed E-state index contributed by atoms with van der Waals surface area (Å²) in [5, 5.41) is 0. The van der Waals surface area contributed by atoms with Crippen LogP contribution in [0.25, 0.3) is 11.1 Å². The third-order valence-electron chi connectivity index (χ3n) is 2.93. The third kappa shape index (κ3) is 2.01. The Kier molecular flexibility index (Phi) is 2.72. The van der Waals surface area contributed by atoms with Gasteiger partial charge < -0.3 is 0 Å². The Morgan fingerprint density at radius 2 is 1.27 bits per heavy atom. The van der Waals surface area contributed by atoms with Crippen molar-refractivity contribution in [2.24, 2.45) is 0 Å². The fourth-order valence-corrected chi connectivity index (χ4v) is 1.89. The van der Waals surface area contributed by atoms with Crippen LogP contribution in [0.3, 0.4) is 0 Å². The molecule has 0 atom stereocenters. The molecule has 0 aliphatic heterocycles. The van der Waals surface area contributed by atoms with Crippen LogP contribution in [0.1, 0.15) is 0 Å². The van der Waals surface area contributed by atoms with Gasteiger partial charge in [0.25, 0.3) is 0 Å². The molecule has 0 aliphatic rings. The molecule has 0 bridgehead atoms. The minimum atomic E-state index is 1.30. The average Bonchev–Trinajstić information content (AvgIpc) is 2.25. The lowest BCUT2D eigenvalue weighted by Crippen LogP contribution is -2.30. The first-order valence-electron chi connectivity index (χ1n) is 5.32. The zero-order valence-electron chi connectivity index (χ0n) is 9.54. The summed E-state index contributed by atoms with van der Waals surface area (Å²) in [6.07, 6.45) is 0. The predicted octanol–water partition coefficient (Wildman–Crippen LogP) is -1.87. The van der Waals surface area contributed by atoms with Gasteiger partial charge in [-0.2, -0.15) is 0 Å². The van der Waals surface area contributed by atoms with Gasteiger partial charge in [0.15, 0.2) is 0 Å². The molecule has 0 nitrogen and oxygen atoms in total. The molecule has 2 aromatic carbocycles. The highest BCUT2D eigenvalue weighted by atomic mass is 14.0. The summed E-state index contributed by atoms with van der Waals surface area (Å²) in [6.45, 7) is 0. The Balaban J connectivity index is 2.59. The van der Waals surface area contributed by atoms with Crippen molar-refractivity contribution >= 4 is 39.9 Å². The molecule has 0 fully saturated rings. The topological polar surface area (TPSA) is 0 Å². The standard InChI is InChI=1S/C12H13B3/c13-10-7-12(15)11(14)6-9(10)8-4-2-1-3-5-8/h1-7H,13-15H2. The van der Waals surface area contributed by atoms with Crippen molar-refractivity contribution in [1.82, 2.24) is 0 Å². The van der Waals surface area contributed by atoms with E-state index in [9.17, 15) is 0 Å². The Bertz CT molecular complexity index is 478. The molecule has 3 heteroatoms. The maximum Gasteiger partial charge on any atom is 0.140 e. The lowest BCUT2D eigenvalue weighted by atomic mass is 9.74. The van der Waals surface area contributed by atoms with Crippen molar-refractivity contribution in [2.45, 2.75) is 0 Å². The smallest absolute Gasteiger partial charge is 0.0956 e. The van der Waals surface area contributed by atoms with Gasteiger partial charge in [0.05, 0.1) is 0 Å². The van der Waals surface area contributed by atoms with E-state index in [2.05, 4.69) is 66.0 Å². The zero-order chi connectivity index (χ0) is 10.8. The minimum absolute atomic E-state index is 1.30. The maximum absolute atomic E-state index is 2.28. The van der Waals surface area contributed by atoms with E-state index in [-0.39, 0.29) is 0 Å². The molecule has 0 unspecified atom stereocenters. The molecule has 0 aromatic heterocycles. The Morgan fingerprint density at radius 3 is 1.93 bits per heavy atom. The second kappa shape index (κ2) is 4.02. The molecule has 2 rings (SSSR count). The minimum Gasteiger partial charge on any atom is -0.0956 e. The van der Waals surface area contributed by atoms with E-state index in [1.54, 1.807) is 0 Å². The molecular formula is C12H13B3. The van der Waals surface area contributed by atoms with Gasteiger partial charge in [-0.15, -0.1) is 0 Å². The molecule has 0 spiro atoms. The van der Waals surface area contributed by atoms with Gasteiger partial charge >= 0.3 is 0 Å². The molecule has 15 heavy (non-hydrogen) atoms. The molecule has 0 saturated carbocycles. The summed E-state index contributed by atoms with van der Waals surface area (Å²) < 4.78 is 0. The number of hydrogen-bond acceptors (Lipinski definition) is 0. The van der Waals surface area contributed by atoms with Crippen LogP contribution in [-0.4, -0.2) is 23.5 Å². The lowest BCUT2D eigenvalue weighted by Gasteiger charge is -2.10. The average molecular weight is 190 g/mol. The van der Waals surface area contributed by atoms with Crippen molar-refractivity contribution in [1.29, 1.82) is 0 Å². The quantitative estimate of drug-likeness (QED) is 0.462. The summed E-state index contributed by atoms with van der Waals surface area (Å²) in [7, 11) is 6.51. The third-order valence-corrected chi connectivity index (χ3v) is 2.93. The van der Waals surface area contributed by atoms with E-state index in [0.29, 0.717) is 0 Å². The highest BCUT2D eigenvalue weighted by molar-refractivity contribution is 6.51. The van der Waals surface area contributed by atoms with E-state index >= 15 is 0 Å². The Labute approximate surface area is 93.9 Å². The van der Waals surface area contributed by atoms with Crippen LogP contribution in [0.4, 0.5) is 0 Å². The van der Waals surface area contributed by atoms with Gasteiger partial charge in [-0.05, 0) is 11.1 Å². The lowest BCUT2D eigenvalue weighted by molar-refractivity contribution is 1.67. The fraction of sp³-hybridized carbons (Fsp3) is 0. The molecule has 70 valence electrons. The maximum atomic E-state index is 2.28. The van der Waals surface area contributed by atoms with E-state index in [4.69, 9.17) is 0 Å². The van der Waals surface area contributed by atoms with Crippen molar-refractivity contribution in [3.63, 3.8) is 0 Å². The highest BCUT2D eigenvalue weighted by Gasteiger charge is 2.02. The predicted molar refractivity (Wildman–Crippen MR) is 76.4 cm³/mol. The molecule has 0 amide bonds. The van der Waals surface area contributed by atoms with Gasteiger partial charge in [-0.1, -0.05) is 58.9 Å². The Morgan fingerprint density at radius 1 is 0.667 bits per heavy atom. The molecule has 0 radical (unpaired) electrons. The van der Waals surface area contributed by atoms with E-state index in [0.717, 1.165) is 0 Å². The number of rotatable bonds is 1. The van der Waals surface area contributed by atoms with Crippen molar-refractivity contribution in [2.75, 3.05) is 0 Å². The van der Waals surface area contributed by atoms with Gasteiger partial charge in [0.1, 0.15) is 23.5 Å². The van der Waals surface area contributed by atoms with Gasteiger partial charge in [-0.3, -0.25) is 0 Å². The summed E-state index contributed by atoms with van der Waals surface area (Å²) in [5.74, 6) is 0. The van der Waals surface area contributed by atoms with E-state index < -0.39 is 0 Å². The number of hydrogen-bond donors (Lipinski definition) is 0. The van der Waals surface area contributed by atoms with Crippen molar-refractivity contribution in [3.8, 4) is 11.1 Å². The van der Waals surface area contributed by atoms with Crippen LogP contribution < -0.4 is 16.4 Å². The normalized spacial score (nSPS) is 10.1. The van der Waals surface area contributed by atoms with Crippen molar-refractivity contribution in [3.05, 3.63) is 42.5 Å². The van der Waals surface area contributed by atoms with Crippen LogP contribution in [0.15, 0.2) is 42.5 Å². The van der Waals surface area contributed by atoms with Crippen LogP contribution in [0, 0.1) is 0 Å². The largest absolute Gasteiger partial charge is 0.140 e. The van der Waals surface area contributed by atoms with Gasteiger partial charge in [0, 0.05) is 0 Å². The zero-order valence-corrected chi connectivity index (χ0v) is 9.54. The number of benzene rings is 2. The summed E-state index contributed by atoms with van der Waals surface area (Å²) in [6, 6.07) is 15.1. The summed E-state index contributed by atoms with van der Waals surface area (Å²) >= 11 is 0. The summed E-state index contributed by atoms with van der Waals surface area (Å²) in [4.78, 5) is 0. The van der Waals surface area contributed by atoms with E-state index in [1.165, 1.54) is 27.5 Å². The molecular weight excluding hydrogens is 177 g/mol. The second-order valence-electron chi connectivity index (χ2n) is 4.12. The van der Waals surface area contributed by atoms with Gasteiger partial charge in [0.2, 0.25) is 0 Å². The van der Waals surface area contributed by atoms with Crippen LogP contribution in [0.2, 0.25) is 0 Å². The fourth-order valence-electron chi connectivity index (χ4n) is 1.89. The molecule has 0 heterocycles. The Hall–Kier alpha value is -1.37. The van der Waals surface area contributed by atoms with Crippen LogP contribution in [-0.2, 0) is 0 Å². The monoisotopic (exact) mass is 190 g/mol. The molecule has 0 aliphatic carbocycles. The van der Waals surface area contributed by atoms with Crippen LogP contribution >= 0.6 is 0 Å². The molecule has 0 saturated heterocycles.